The van der Waals surface area contributed by atoms with Crippen LogP contribution in [0.1, 0.15) is 40.2 Å². The van der Waals surface area contributed by atoms with Crippen molar-refractivity contribution >= 4 is 23.2 Å². The molecule has 7 nitrogen and oxygen atoms in total. The minimum absolute atomic E-state index is 0.0900. The summed E-state index contributed by atoms with van der Waals surface area (Å²) in [5.74, 6) is 0.426. The Hall–Kier alpha value is -3.61. The van der Waals surface area contributed by atoms with Gasteiger partial charge in [0.2, 0.25) is 5.91 Å². The number of nitrogens with one attached hydrogen (secondary N) is 1. The number of hydrogen-bond acceptors (Lipinski definition) is 4. The van der Waals surface area contributed by atoms with Crippen molar-refractivity contribution in [1.29, 1.82) is 0 Å². The maximum absolute atomic E-state index is 13.0. The van der Waals surface area contributed by atoms with E-state index in [0.717, 1.165) is 23.4 Å². The minimum Gasteiger partial charge on any atom is -0.494 e. The Labute approximate surface area is 181 Å². The smallest absolute Gasteiger partial charge is 0.259 e. The van der Waals surface area contributed by atoms with Crippen LogP contribution in [0.15, 0.2) is 48.5 Å². The van der Waals surface area contributed by atoms with Crippen LogP contribution in [0.25, 0.3) is 0 Å². The highest BCUT2D eigenvalue weighted by Crippen LogP contribution is 2.34. The van der Waals surface area contributed by atoms with E-state index in [9.17, 15) is 9.59 Å². The normalized spacial score (nSPS) is 13.5. The number of aromatic nitrogens is 2. The zero-order chi connectivity index (χ0) is 22.0. The average molecular weight is 418 g/mol. The summed E-state index contributed by atoms with van der Waals surface area (Å²) in [6.45, 7) is 5.03. The zero-order valence-electron chi connectivity index (χ0n) is 18.0. The molecular weight excluding hydrogens is 392 g/mol. The van der Waals surface area contributed by atoms with E-state index in [0.29, 0.717) is 42.2 Å². The summed E-state index contributed by atoms with van der Waals surface area (Å²) in [5, 5.41) is 7.51. The molecule has 0 spiro atoms. The van der Waals surface area contributed by atoms with Gasteiger partial charge in [0.05, 0.1) is 30.6 Å². The van der Waals surface area contributed by atoms with Gasteiger partial charge in [0.15, 0.2) is 0 Å². The lowest BCUT2D eigenvalue weighted by Gasteiger charge is -2.19. The van der Waals surface area contributed by atoms with Gasteiger partial charge in [-0.2, -0.15) is 5.10 Å². The van der Waals surface area contributed by atoms with Gasteiger partial charge < -0.3 is 15.0 Å². The number of carbonyl (C=O) groups excluding carboxylic acids is 2. The summed E-state index contributed by atoms with van der Waals surface area (Å²) in [7, 11) is 1.56. The number of benzene rings is 2. The number of ether oxygens (including phenoxy) is 1. The molecule has 0 atom stereocenters. The van der Waals surface area contributed by atoms with Crippen molar-refractivity contribution in [2.75, 3.05) is 23.9 Å². The van der Waals surface area contributed by atoms with Crippen LogP contribution in [0.5, 0.6) is 5.75 Å². The first-order chi connectivity index (χ1) is 15.0. The van der Waals surface area contributed by atoms with Crippen LogP contribution in [-0.4, -0.2) is 35.2 Å². The third-order valence-corrected chi connectivity index (χ3v) is 5.59. The quantitative estimate of drug-likeness (QED) is 0.658. The molecule has 3 aromatic rings. The third kappa shape index (κ3) is 4.17. The van der Waals surface area contributed by atoms with E-state index in [1.165, 1.54) is 0 Å². The van der Waals surface area contributed by atoms with Crippen molar-refractivity contribution in [3.05, 3.63) is 71.0 Å². The molecule has 7 heteroatoms. The van der Waals surface area contributed by atoms with Gasteiger partial charge in [0.1, 0.15) is 5.75 Å². The minimum atomic E-state index is -0.221. The van der Waals surface area contributed by atoms with Crippen molar-refractivity contribution in [2.24, 2.45) is 0 Å². The van der Waals surface area contributed by atoms with Gasteiger partial charge in [-0.3, -0.25) is 14.3 Å². The molecule has 2 heterocycles. The number of aryl methyl sites for hydroxylation is 1. The summed E-state index contributed by atoms with van der Waals surface area (Å²) in [6.07, 6.45) is 1.39. The fourth-order valence-corrected chi connectivity index (χ4v) is 4.01. The summed E-state index contributed by atoms with van der Waals surface area (Å²) in [5.41, 5.74) is 4.51. The van der Waals surface area contributed by atoms with Gasteiger partial charge in [0.25, 0.3) is 5.91 Å². The van der Waals surface area contributed by atoms with E-state index in [1.807, 2.05) is 54.9 Å². The Morgan fingerprint density at radius 2 is 1.94 bits per heavy atom. The molecule has 0 unspecified atom stereocenters. The molecule has 1 saturated heterocycles. The Morgan fingerprint density at radius 1 is 1.16 bits per heavy atom. The fourth-order valence-electron chi connectivity index (χ4n) is 4.01. The number of nitrogens with zero attached hydrogens (tertiary/aromatic N) is 3. The predicted molar refractivity (Wildman–Crippen MR) is 120 cm³/mol. The molecule has 1 N–H and O–H groups in total. The number of methoxy groups -OCH3 is 1. The summed E-state index contributed by atoms with van der Waals surface area (Å²) in [4.78, 5) is 26.9. The van der Waals surface area contributed by atoms with Crippen molar-refractivity contribution in [2.45, 2.75) is 33.2 Å². The Morgan fingerprint density at radius 3 is 2.61 bits per heavy atom. The highest BCUT2D eigenvalue weighted by atomic mass is 16.5. The first kappa shape index (κ1) is 20.7. The maximum atomic E-state index is 13.0. The molecule has 1 aliphatic heterocycles. The second-order valence-electron chi connectivity index (χ2n) is 7.68. The molecule has 0 aliphatic carbocycles. The molecule has 4 rings (SSSR count). The van der Waals surface area contributed by atoms with Crippen molar-refractivity contribution in [3.8, 4) is 5.75 Å². The van der Waals surface area contributed by atoms with E-state index < -0.39 is 0 Å². The lowest BCUT2D eigenvalue weighted by molar-refractivity contribution is -0.117. The van der Waals surface area contributed by atoms with Crippen molar-refractivity contribution < 1.29 is 14.3 Å². The lowest BCUT2D eigenvalue weighted by atomic mass is 10.1. The molecule has 31 heavy (non-hydrogen) atoms. The van der Waals surface area contributed by atoms with Crippen molar-refractivity contribution in [3.63, 3.8) is 0 Å². The predicted octanol–water partition coefficient (Wildman–Crippen LogP) is 3.94. The summed E-state index contributed by atoms with van der Waals surface area (Å²) >= 11 is 0. The van der Waals surface area contributed by atoms with Crippen LogP contribution in [0.3, 0.4) is 0 Å². The van der Waals surface area contributed by atoms with Gasteiger partial charge in [0, 0.05) is 30.4 Å². The second-order valence-corrected chi connectivity index (χ2v) is 7.68. The Bertz CT molecular complexity index is 1120. The molecule has 2 amide bonds. The molecule has 160 valence electrons. The first-order valence-corrected chi connectivity index (χ1v) is 10.4. The van der Waals surface area contributed by atoms with Crippen LogP contribution < -0.4 is 15.0 Å². The molecule has 2 aromatic carbocycles. The molecule has 0 bridgehead atoms. The van der Waals surface area contributed by atoms with E-state index in [4.69, 9.17) is 4.74 Å². The van der Waals surface area contributed by atoms with E-state index in [2.05, 4.69) is 10.4 Å². The van der Waals surface area contributed by atoms with E-state index >= 15 is 0 Å². The van der Waals surface area contributed by atoms with Crippen LogP contribution in [0.4, 0.5) is 11.4 Å². The summed E-state index contributed by atoms with van der Waals surface area (Å²) < 4.78 is 7.34. The number of rotatable bonds is 6. The average Bonchev–Trinajstić information content (AvgIpc) is 3.31. The van der Waals surface area contributed by atoms with Crippen molar-refractivity contribution in [1.82, 2.24) is 9.78 Å². The van der Waals surface area contributed by atoms with Gasteiger partial charge in [-0.1, -0.05) is 30.3 Å². The molecule has 0 radical (unpaired) electrons. The van der Waals surface area contributed by atoms with Crippen LogP contribution in [0, 0.1) is 13.8 Å². The van der Waals surface area contributed by atoms with E-state index in [-0.39, 0.29) is 11.8 Å². The number of carbonyl (C=O) groups is 2. The molecule has 0 saturated carbocycles. The zero-order valence-corrected chi connectivity index (χ0v) is 18.0. The molecule has 1 aliphatic rings. The fraction of sp³-hybridized carbons (Fsp3) is 0.292. The van der Waals surface area contributed by atoms with Crippen LogP contribution >= 0.6 is 0 Å². The number of hydrogen-bond donors (Lipinski definition) is 1. The first-order valence-electron chi connectivity index (χ1n) is 10.4. The Balaban J connectivity index is 1.55. The summed E-state index contributed by atoms with van der Waals surface area (Å²) in [6, 6.07) is 15.4. The van der Waals surface area contributed by atoms with Gasteiger partial charge in [-0.15, -0.1) is 0 Å². The Kier molecular flexibility index (Phi) is 5.75. The lowest BCUT2D eigenvalue weighted by Crippen LogP contribution is -2.24. The standard InChI is InChI=1S/C24H26N4O3/c1-16-23(17(2)28(26-16)15-18-8-5-4-6-9-18)24(30)25-19-11-12-20(21(14-19)31-3)27-13-7-10-22(27)29/h4-6,8-9,11-12,14H,7,10,13,15H2,1-3H3,(H,25,30). The number of anilines is 2. The molecule has 1 aromatic heterocycles. The van der Waals surface area contributed by atoms with Crippen LogP contribution in [-0.2, 0) is 11.3 Å². The SMILES string of the molecule is COc1cc(NC(=O)c2c(C)nn(Cc3ccccc3)c2C)ccc1N1CCCC1=O. The van der Waals surface area contributed by atoms with Gasteiger partial charge in [-0.05, 0) is 38.0 Å². The monoisotopic (exact) mass is 418 g/mol. The maximum Gasteiger partial charge on any atom is 0.259 e. The van der Waals surface area contributed by atoms with E-state index in [1.54, 1.807) is 24.1 Å². The highest BCUT2D eigenvalue weighted by Gasteiger charge is 2.25. The highest BCUT2D eigenvalue weighted by molar-refractivity contribution is 6.06. The topological polar surface area (TPSA) is 76.5 Å². The number of amides is 2. The molecular formula is C24H26N4O3. The van der Waals surface area contributed by atoms with Crippen LogP contribution in [0.2, 0.25) is 0 Å². The third-order valence-electron chi connectivity index (χ3n) is 5.59. The second kappa shape index (κ2) is 8.63. The van der Waals surface area contributed by atoms with Gasteiger partial charge >= 0.3 is 0 Å². The largest absolute Gasteiger partial charge is 0.494 e. The molecule has 1 fully saturated rings. The van der Waals surface area contributed by atoms with Gasteiger partial charge in [-0.25, -0.2) is 0 Å².